The van der Waals surface area contributed by atoms with Gasteiger partial charge in [-0.15, -0.1) is 0 Å². The minimum Gasteiger partial charge on any atom is -0.423 e. The van der Waals surface area contributed by atoms with Gasteiger partial charge in [-0.25, -0.2) is 9.78 Å². The van der Waals surface area contributed by atoms with Crippen LogP contribution in [0.4, 0.5) is 0 Å². The van der Waals surface area contributed by atoms with Crippen molar-refractivity contribution in [3.8, 4) is 0 Å². The predicted molar refractivity (Wildman–Crippen MR) is 97.6 cm³/mol. The number of aromatic nitrogens is 2. The van der Waals surface area contributed by atoms with Crippen LogP contribution in [0.1, 0.15) is 16.7 Å². The smallest absolute Gasteiger partial charge is 0.336 e. The lowest BCUT2D eigenvalue weighted by molar-refractivity contribution is 0.559. The Morgan fingerprint density at radius 1 is 1.08 bits per heavy atom. The van der Waals surface area contributed by atoms with E-state index < -0.39 is 0 Å². The number of nitrogens with zero attached hydrogens (tertiary/aromatic N) is 1. The lowest BCUT2D eigenvalue weighted by atomic mass is 10.1. The van der Waals surface area contributed by atoms with Crippen molar-refractivity contribution >= 4 is 33.8 Å². The Balaban J connectivity index is 1.68. The molecule has 120 valence electrons. The Morgan fingerprint density at radius 3 is 2.75 bits per heavy atom. The summed E-state index contributed by atoms with van der Waals surface area (Å²) >= 11 is 1.59. The topological polar surface area (TPSA) is 58.9 Å². The van der Waals surface area contributed by atoms with Crippen LogP contribution in [0.15, 0.2) is 56.8 Å². The van der Waals surface area contributed by atoms with Crippen molar-refractivity contribution in [3.05, 3.63) is 69.6 Å². The molecule has 0 aliphatic rings. The monoisotopic (exact) mass is 336 g/mol. The van der Waals surface area contributed by atoms with Crippen LogP contribution in [0.25, 0.3) is 22.0 Å². The largest absolute Gasteiger partial charge is 0.423 e. The van der Waals surface area contributed by atoms with E-state index in [1.165, 1.54) is 5.56 Å². The summed E-state index contributed by atoms with van der Waals surface area (Å²) in [7, 11) is 0. The number of aromatic amines is 1. The number of thioether (sulfide) groups is 1. The van der Waals surface area contributed by atoms with Gasteiger partial charge >= 0.3 is 5.63 Å². The third-order valence-corrected chi connectivity index (χ3v) is 4.89. The van der Waals surface area contributed by atoms with E-state index in [-0.39, 0.29) is 5.63 Å². The molecule has 0 saturated heterocycles. The van der Waals surface area contributed by atoms with Gasteiger partial charge in [0.2, 0.25) is 0 Å². The first-order valence-electron chi connectivity index (χ1n) is 7.71. The van der Waals surface area contributed by atoms with Gasteiger partial charge in [0.05, 0.1) is 11.0 Å². The fourth-order valence-electron chi connectivity index (χ4n) is 2.78. The molecule has 0 fully saturated rings. The van der Waals surface area contributed by atoms with E-state index >= 15 is 0 Å². The molecule has 0 unspecified atom stereocenters. The summed E-state index contributed by atoms with van der Waals surface area (Å²) in [5.41, 5.74) is 5.60. The summed E-state index contributed by atoms with van der Waals surface area (Å²) in [6.45, 7) is 4.09. The minimum absolute atomic E-state index is 0.317. The maximum absolute atomic E-state index is 11.8. The number of nitrogens with one attached hydrogen (secondary N) is 1. The van der Waals surface area contributed by atoms with Crippen molar-refractivity contribution in [1.29, 1.82) is 0 Å². The van der Waals surface area contributed by atoms with Gasteiger partial charge < -0.3 is 9.40 Å². The number of H-pyrrole nitrogens is 1. The van der Waals surface area contributed by atoms with Gasteiger partial charge in [0.15, 0.2) is 5.16 Å². The SMILES string of the molecule is Cc1ccc2nc(SCc3cc(=O)oc4ccc(C)cc34)[nH]c2c1. The lowest BCUT2D eigenvalue weighted by Crippen LogP contribution is -2.00. The molecule has 4 aromatic rings. The van der Waals surface area contributed by atoms with Gasteiger partial charge in [0.1, 0.15) is 5.58 Å². The second-order valence-corrected chi connectivity index (χ2v) is 6.91. The maximum atomic E-state index is 11.8. The maximum Gasteiger partial charge on any atom is 0.336 e. The number of benzene rings is 2. The molecule has 0 spiro atoms. The molecule has 0 radical (unpaired) electrons. The summed E-state index contributed by atoms with van der Waals surface area (Å²) in [6, 6.07) is 13.6. The van der Waals surface area contributed by atoms with Gasteiger partial charge in [0, 0.05) is 17.2 Å². The first-order valence-corrected chi connectivity index (χ1v) is 8.69. The second-order valence-electron chi connectivity index (χ2n) is 5.94. The van der Waals surface area contributed by atoms with E-state index in [1.54, 1.807) is 17.8 Å². The molecule has 5 heteroatoms. The Morgan fingerprint density at radius 2 is 1.88 bits per heavy atom. The van der Waals surface area contributed by atoms with E-state index in [0.29, 0.717) is 11.3 Å². The Hall–Kier alpha value is -2.53. The number of hydrogen-bond acceptors (Lipinski definition) is 4. The van der Waals surface area contributed by atoms with Gasteiger partial charge in [0.25, 0.3) is 0 Å². The van der Waals surface area contributed by atoms with Crippen molar-refractivity contribution in [2.24, 2.45) is 0 Å². The molecule has 0 bridgehead atoms. The zero-order valence-electron chi connectivity index (χ0n) is 13.4. The molecule has 0 aliphatic heterocycles. The van der Waals surface area contributed by atoms with Crippen LogP contribution >= 0.6 is 11.8 Å². The van der Waals surface area contributed by atoms with Crippen LogP contribution in [0, 0.1) is 13.8 Å². The van der Waals surface area contributed by atoms with Crippen LogP contribution in [-0.2, 0) is 5.75 Å². The highest BCUT2D eigenvalue weighted by Crippen LogP contribution is 2.27. The number of hydrogen-bond donors (Lipinski definition) is 1. The summed E-state index contributed by atoms with van der Waals surface area (Å²) in [4.78, 5) is 19.7. The first-order chi connectivity index (χ1) is 11.6. The van der Waals surface area contributed by atoms with Gasteiger partial charge in [-0.05, 0) is 49.2 Å². The highest BCUT2D eigenvalue weighted by atomic mass is 32.2. The quantitative estimate of drug-likeness (QED) is 0.439. The fraction of sp³-hybridized carbons (Fsp3) is 0.158. The molecular formula is C19H16N2O2S. The average molecular weight is 336 g/mol. The molecule has 24 heavy (non-hydrogen) atoms. The highest BCUT2D eigenvalue weighted by Gasteiger charge is 2.09. The molecule has 0 atom stereocenters. The minimum atomic E-state index is -0.317. The van der Waals surface area contributed by atoms with Crippen molar-refractivity contribution in [2.45, 2.75) is 24.8 Å². The van der Waals surface area contributed by atoms with E-state index in [4.69, 9.17) is 4.42 Å². The Labute approximate surface area is 142 Å². The zero-order chi connectivity index (χ0) is 16.7. The molecule has 4 rings (SSSR count). The van der Waals surface area contributed by atoms with Crippen LogP contribution in [0.5, 0.6) is 0 Å². The zero-order valence-corrected chi connectivity index (χ0v) is 14.2. The Bertz CT molecular complexity index is 1110. The predicted octanol–water partition coefficient (Wildman–Crippen LogP) is 4.58. The number of imidazole rings is 1. The fourth-order valence-corrected chi connectivity index (χ4v) is 3.65. The molecular weight excluding hydrogens is 320 g/mol. The number of aryl methyl sites for hydroxylation is 2. The third-order valence-electron chi connectivity index (χ3n) is 3.96. The van der Waals surface area contributed by atoms with Gasteiger partial charge in [-0.1, -0.05) is 29.5 Å². The second kappa shape index (κ2) is 5.83. The third kappa shape index (κ3) is 2.83. The lowest BCUT2D eigenvalue weighted by Gasteiger charge is -2.05. The molecule has 0 saturated carbocycles. The van der Waals surface area contributed by atoms with E-state index in [9.17, 15) is 4.79 Å². The number of rotatable bonds is 3. The normalized spacial score (nSPS) is 11.4. The van der Waals surface area contributed by atoms with Gasteiger partial charge in [-0.2, -0.15) is 0 Å². The van der Waals surface area contributed by atoms with Crippen LogP contribution < -0.4 is 5.63 Å². The van der Waals surface area contributed by atoms with Gasteiger partial charge in [-0.3, -0.25) is 0 Å². The molecule has 2 aromatic carbocycles. The summed E-state index contributed by atoms with van der Waals surface area (Å²) < 4.78 is 5.28. The van der Waals surface area contributed by atoms with Crippen molar-refractivity contribution in [3.63, 3.8) is 0 Å². The van der Waals surface area contributed by atoms with Crippen molar-refractivity contribution in [2.75, 3.05) is 0 Å². The van der Waals surface area contributed by atoms with E-state index in [0.717, 1.165) is 32.7 Å². The van der Waals surface area contributed by atoms with Crippen LogP contribution in [0.2, 0.25) is 0 Å². The Kier molecular flexibility index (Phi) is 3.65. The van der Waals surface area contributed by atoms with Crippen LogP contribution in [-0.4, -0.2) is 9.97 Å². The molecule has 2 aromatic heterocycles. The molecule has 0 amide bonds. The molecule has 2 heterocycles. The first kappa shape index (κ1) is 15.0. The highest BCUT2D eigenvalue weighted by molar-refractivity contribution is 7.98. The molecule has 4 nitrogen and oxygen atoms in total. The van der Waals surface area contributed by atoms with Crippen LogP contribution in [0.3, 0.4) is 0 Å². The summed E-state index contributed by atoms with van der Waals surface area (Å²) in [5.74, 6) is 0.657. The average Bonchev–Trinajstić information content (AvgIpc) is 2.95. The molecule has 1 N–H and O–H groups in total. The van der Waals surface area contributed by atoms with E-state index in [2.05, 4.69) is 35.1 Å². The van der Waals surface area contributed by atoms with E-state index in [1.807, 2.05) is 25.1 Å². The standard InChI is InChI=1S/C19H16N2O2S/c1-11-4-6-17-14(7-11)13(9-18(22)23-17)10-24-19-20-15-5-3-12(2)8-16(15)21-19/h3-9H,10H2,1-2H3,(H,20,21). The summed E-state index contributed by atoms with van der Waals surface area (Å²) in [5, 5.41) is 1.83. The van der Waals surface area contributed by atoms with Crippen molar-refractivity contribution < 1.29 is 4.42 Å². The summed E-state index contributed by atoms with van der Waals surface area (Å²) in [6.07, 6.45) is 0. The molecule has 0 aliphatic carbocycles. The number of fused-ring (bicyclic) bond motifs is 2. The van der Waals surface area contributed by atoms with Crippen molar-refractivity contribution in [1.82, 2.24) is 9.97 Å².